The Balaban J connectivity index is 1.75. The highest BCUT2D eigenvalue weighted by Gasteiger charge is 2.31. The van der Waals surface area contributed by atoms with E-state index >= 15 is 0 Å². The zero-order valence-corrected chi connectivity index (χ0v) is 11.1. The lowest BCUT2D eigenvalue weighted by molar-refractivity contribution is -0.157. The van der Waals surface area contributed by atoms with Gasteiger partial charge in [-0.3, -0.25) is 4.79 Å². The van der Waals surface area contributed by atoms with Crippen LogP contribution < -0.4 is 5.32 Å². The van der Waals surface area contributed by atoms with Gasteiger partial charge in [0.05, 0.1) is 5.92 Å². The van der Waals surface area contributed by atoms with Gasteiger partial charge in [0.1, 0.15) is 6.10 Å². The van der Waals surface area contributed by atoms with Crippen molar-refractivity contribution in [2.75, 3.05) is 13.1 Å². The molecule has 1 heterocycles. The van der Waals surface area contributed by atoms with Gasteiger partial charge in [0.2, 0.25) is 0 Å². The molecule has 0 bridgehead atoms. The van der Waals surface area contributed by atoms with Gasteiger partial charge in [-0.15, -0.1) is 0 Å². The second-order valence-corrected chi connectivity index (χ2v) is 6.34. The fraction of sp³-hybridized carbons (Fsp3) is 0.929. The molecule has 0 aromatic rings. The maximum atomic E-state index is 12.0. The van der Waals surface area contributed by atoms with Crippen molar-refractivity contribution in [1.29, 1.82) is 0 Å². The lowest BCUT2D eigenvalue weighted by Crippen LogP contribution is -2.37. The quantitative estimate of drug-likeness (QED) is 0.752. The first-order valence-electron chi connectivity index (χ1n) is 6.98. The molecule has 1 saturated heterocycles. The van der Waals surface area contributed by atoms with Crippen molar-refractivity contribution in [1.82, 2.24) is 5.32 Å². The van der Waals surface area contributed by atoms with Crippen LogP contribution in [0.5, 0.6) is 0 Å². The van der Waals surface area contributed by atoms with E-state index in [1.165, 1.54) is 12.8 Å². The zero-order chi connectivity index (χ0) is 12.3. The summed E-state index contributed by atoms with van der Waals surface area (Å²) in [7, 11) is 0. The predicted molar refractivity (Wildman–Crippen MR) is 67.7 cm³/mol. The molecule has 1 N–H and O–H groups in total. The first-order chi connectivity index (χ1) is 8.07. The summed E-state index contributed by atoms with van der Waals surface area (Å²) in [6.07, 6.45) is 6.69. The number of hydrogen-bond donors (Lipinski definition) is 1. The fourth-order valence-electron chi connectivity index (χ4n) is 2.80. The molecular formula is C14H25NO2. The topological polar surface area (TPSA) is 38.3 Å². The molecule has 17 heavy (non-hydrogen) atoms. The van der Waals surface area contributed by atoms with Crippen LogP contribution >= 0.6 is 0 Å². The van der Waals surface area contributed by atoms with Crippen LogP contribution in [0.15, 0.2) is 0 Å². The first kappa shape index (κ1) is 12.9. The molecule has 3 nitrogen and oxygen atoms in total. The van der Waals surface area contributed by atoms with Gasteiger partial charge in [0.25, 0.3) is 0 Å². The minimum atomic E-state index is 0.0295. The van der Waals surface area contributed by atoms with Gasteiger partial charge < -0.3 is 10.1 Å². The third-order valence-electron chi connectivity index (χ3n) is 4.20. The SMILES string of the molecule is CC1(C)CCC(OC(=O)[C@H]2CCCNC2)CC1. The van der Waals surface area contributed by atoms with E-state index in [1.54, 1.807) is 0 Å². The normalized spacial score (nSPS) is 29.9. The average molecular weight is 239 g/mol. The summed E-state index contributed by atoms with van der Waals surface area (Å²) in [5.74, 6) is 0.126. The molecule has 98 valence electrons. The van der Waals surface area contributed by atoms with Gasteiger partial charge in [0.15, 0.2) is 0 Å². The van der Waals surface area contributed by atoms with Crippen molar-refractivity contribution >= 4 is 5.97 Å². The molecule has 3 heteroatoms. The Hall–Kier alpha value is -0.570. The molecule has 0 aromatic heterocycles. The van der Waals surface area contributed by atoms with Crippen LogP contribution in [0.4, 0.5) is 0 Å². The van der Waals surface area contributed by atoms with E-state index in [2.05, 4.69) is 19.2 Å². The van der Waals surface area contributed by atoms with E-state index in [0.29, 0.717) is 5.41 Å². The minimum absolute atomic E-state index is 0.0295. The zero-order valence-electron chi connectivity index (χ0n) is 11.1. The Morgan fingerprint density at radius 2 is 1.94 bits per heavy atom. The van der Waals surface area contributed by atoms with E-state index in [9.17, 15) is 4.79 Å². The van der Waals surface area contributed by atoms with Gasteiger partial charge >= 0.3 is 5.97 Å². The number of piperidine rings is 1. The maximum Gasteiger partial charge on any atom is 0.310 e. The Morgan fingerprint density at radius 1 is 1.24 bits per heavy atom. The van der Waals surface area contributed by atoms with Gasteiger partial charge in [0, 0.05) is 6.54 Å². The Kier molecular flexibility index (Phi) is 4.08. The summed E-state index contributed by atoms with van der Waals surface area (Å²) in [6, 6.07) is 0. The summed E-state index contributed by atoms with van der Waals surface area (Å²) in [5, 5.41) is 3.27. The number of hydrogen-bond acceptors (Lipinski definition) is 3. The van der Waals surface area contributed by atoms with Crippen LogP contribution in [0, 0.1) is 11.3 Å². The third kappa shape index (κ3) is 3.70. The molecule has 0 radical (unpaired) electrons. The van der Waals surface area contributed by atoms with Crippen molar-refractivity contribution in [3.63, 3.8) is 0 Å². The molecule has 1 atom stereocenters. The molecule has 2 rings (SSSR count). The van der Waals surface area contributed by atoms with Crippen molar-refractivity contribution in [3.05, 3.63) is 0 Å². The number of rotatable bonds is 2. The van der Waals surface area contributed by atoms with E-state index in [1.807, 2.05) is 0 Å². The largest absolute Gasteiger partial charge is 0.462 e. The van der Waals surface area contributed by atoms with Crippen molar-refractivity contribution in [2.45, 2.75) is 58.5 Å². The molecule has 0 aromatic carbocycles. The predicted octanol–water partition coefficient (Wildman–Crippen LogP) is 2.50. The smallest absolute Gasteiger partial charge is 0.310 e. The van der Waals surface area contributed by atoms with Gasteiger partial charge in [-0.05, 0) is 50.5 Å². The molecule has 1 saturated carbocycles. The summed E-state index contributed by atoms with van der Waals surface area (Å²) >= 11 is 0. The molecule has 1 aliphatic heterocycles. The minimum Gasteiger partial charge on any atom is -0.462 e. The van der Waals surface area contributed by atoms with Gasteiger partial charge in [-0.25, -0.2) is 0 Å². The Morgan fingerprint density at radius 3 is 2.53 bits per heavy atom. The Bertz CT molecular complexity index is 259. The molecule has 2 fully saturated rings. The van der Waals surface area contributed by atoms with Crippen molar-refractivity contribution in [3.8, 4) is 0 Å². The van der Waals surface area contributed by atoms with E-state index in [0.717, 1.165) is 38.8 Å². The lowest BCUT2D eigenvalue weighted by atomic mass is 9.76. The van der Waals surface area contributed by atoms with Crippen molar-refractivity contribution < 1.29 is 9.53 Å². The molecular weight excluding hydrogens is 214 g/mol. The molecule has 0 unspecified atom stereocenters. The van der Waals surface area contributed by atoms with Crippen LogP contribution in [0.3, 0.4) is 0 Å². The van der Waals surface area contributed by atoms with Crippen molar-refractivity contribution in [2.24, 2.45) is 11.3 Å². The summed E-state index contributed by atoms with van der Waals surface area (Å²) in [4.78, 5) is 12.0. The number of ether oxygens (including phenoxy) is 1. The highest BCUT2D eigenvalue weighted by atomic mass is 16.5. The van der Waals surface area contributed by atoms with Crippen LogP contribution in [0.25, 0.3) is 0 Å². The van der Waals surface area contributed by atoms with Crippen LogP contribution in [-0.2, 0) is 9.53 Å². The lowest BCUT2D eigenvalue weighted by Gasteiger charge is -2.34. The van der Waals surface area contributed by atoms with E-state index in [-0.39, 0.29) is 18.0 Å². The van der Waals surface area contributed by atoms with Gasteiger partial charge in [-0.2, -0.15) is 0 Å². The highest BCUT2D eigenvalue weighted by Crippen LogP contribution is 2.36. The fourth-order valence-corrected chi connectivity index (χ4v) is 2.80. The van der Waals surface area contributed by atoms with Crippen LogP contribution in [0.2, 0.25) is 0 Å². The monoisotopic (exact) mass is 239 g/mol. The van der Waals surface area contributed by atoms with Crippen LogP contribution in [-0.4, -0.2) is 25.2 Å². The van der Waals surface area contributed by atoms with Crippen LogP contribution in [0.1, 0.15) is 52.4 Å². The number of nitrogens with one attached hydrogen (secondary N) is 1. The van der Waals surface area contributed by atoms with Gasteiger partial charge in [-0.1, -0.05) is 13.8 Å². The number of carbonyl (C=O) groups is 1. The maximum absolute atomic E-state index is 12.0. The summed E-state index contributed by atoms with van der Waals surface area (Å²) in [6.45, 7) is 6.45. The summed E-state index contributed by atoms with van der Waals surface area (Å²) in [5.41, 5.74) is 0.440. The highest BCUT2D eigenvalue weighted by molar-refractivity contribution is 5.73. The second kappa shape index (κ2) is 5.38. The molecule has 1 aliphatic carbocycles. The van der Waals surface area contributed by atoms with E-state index in [4.69, 9.17) is 4.74 Å². The number of carbonyl (C=O) groups excluding carboxylic acids is 1. The average Bonchev–Trinajstić information content (AvgIpc) is 2.33. The third-order valence-corrected chi connectivity index (χ3v) is 4.20. The Labute approximate surface area is 104 Å². The molecule has 2 aliphatic rings. The number of esters is 1. The summed E-state index contributed by atoms with van der Waals surface area (Å²) < 4.78 is 5.65. The van der Waals surface area contributed by atoms with E-state index < -0.39 is 0 Å². The second-order valence-electron chi connectivity index (χ2n) is 6.34. The first-order valence-corrected chi connectivity index (χ1v) is 6.98. The molecule has 0 spiro atoms. The standard InChI is InChI=1S/C14H25NO2/c1-14(2)7-5-12(6-8-14)17-13(16)11-4-3-9-15-10-11/h11-12,15H,3-10H2,1-2H3/t11-/m0/s1. The molecule has 0 amide bonds.